The molecule has 2 rings (SSSR count). The van der Waals surface area contributed by atoms with Gasteiger partial charge in [0.1, 0.15) is 11.3 Å². The zero-order valence-corrected chi connectivity index (χ0v) is 14.2. The van der Waals surface area contributed by atoms with Crippen molar-refractivity contribution in [2.24, 2.45) is 0 Å². The van der Waals surface area contributed by atoms with Gasteiger partial charge in [0.25, 0.3) is 0 Å². The molecule has 1 aromatic heterocycles. The number of furan rings is 1. The Bertz CT molecular complexity index is 728. The van der Waals surface area contributed by atoms with Gasteiger partial charge in [0.05, 0.1) is 18.2 Å². The number of hydrogen-bond donors (Lipinski definition) is 1. The normalized spacial score (nSPS) is 10.5. The van der Waals surface area contributed by atoms with E-state index in [1.54, 1.807) is 26.0 Å². The number of anilines is 1. The lowest BCUT2D eigenvalue weighted by Crippen LogP contribution is -2.15. The maximum absolute atomic E-state index is 12.0. The van der Waals surface area contributed by atoms with E-state index >= 15 is 0 Å². The number of hydrogen-bond acceptors (Lipinski definition) is 5. The average Bonchev–Trinajstić information content (AvgIpc) is 2.78. The number of halogens is 2. The third kappa shape index (κ3) is 3.36. The summed E-state index contributed by atoms with van der Waals surface area (Å²) < 4.78 is 15.8. The maximum Gasteiger partial charge on any atom is 0.411 e. The second kappa shape index (κ2) is 7.02. The number of benzene rings is 1. The number of carbonyl (C=O) groups excluding carboxylic acids is 2. The summed E-state index contributed by atoms with van der Waals surface area (Å²) in [5, 5.41) is 3.42. The summed E-state index contributed by atoms with van der Waals surface area (Å²) in [5.74, 6) is -0.795. The Hall–Kier alpha value is -1.73. The molecule has 0 atom stereocenters. The zero-order valence-electron chi connectivity index (χ0n) is 11.9. The summed E-state index contributed by atoms with van der Waals surface area (Å²) in [6, 6.07) is 3.19. The Labute approximate surface area is 139 Å². The predicted molar refractivity (Wildman–Crippen MR) is 85.5 cm³/mol. The first-order valence-corrected chi connectivity index (χ1v) is 7.67. The van der Waals surface area contributed by atoms with Crippen molar-refractivity contribution in [3.05, 3.63) is 27.4 Å². The third-order valence-corrected chi connectivity index (χ3v) is 3.89. The number of ether oxygens (including phenoxy) is 2. The van der Waals surface area contributed by atoms with Crippen LogP contribution < -0.4 is 5.32 Å². The highest BCUT2D eigenvalue weighted by Crippen LogP contribution is 2.37. The smallest absolute Gasteiger partial charge is 0.411 e. The van der Waals surface area contributed by atoms with Gasteiger partial charge in [-0.15, -0.1) is 0 Å². The first-order chi connectivity index (χ1) is 10.5. The number of fused-ring (bicyclic) bond motifs is 1. The minimum atomic E-state index is -0.693. The fourth-order valence-electron chi connectivity index (χ4n) is 1.83. The highest BCUT2D eigenvalue weighted by molar-refractivity contribution is 9.10. The van der Waals surface area contributed by atoms with E-state index in [-0.39, 0.29) is 24.7 Å². The van der Waals surface area contributed by atoms with Gasteiger partial charge in [-0.05, 0) is 35.8 Å². The highest BCUT2D eigenvalue weighted by Gasteiger charge is 2.24. The first-order valence-electron chi connectivity index (χ1n) is 6.50. The highest BCUT2D eigenvalue weighted by atomic mass is 79.9. The van der Waals surface area contributed by atoms with Crippen LogP contribution in [0.15, 0.2) is 21.0 Å². The van der Waals surface area contributed by atoms with Crippen LogP contribution in [0.25, 0.3) is 11.0 Å². The van der Waals surface area contributed by atoms with Crippen LogP contribution in [0.5, 0.6) is 0 Å². The van der Waals surface area contributed by atoms with Gasteiger partial charge in [0.15, 0.2) is 0 Å². The molecule has 0 radical (unpaired) electrons. The van der Waals surface area contributed by atoms with Gasteiger partial charge < -0.3 is 13.9 Å². The Kier molecular flexibility index (Phi) is 5.31. The Morgan fingerprint density at radius 3 is 2.59 bits per heavy atom. The Morgan fingerprint density at radius 2 is 1.95 bits per heavy atom. The van der Waals surface area contributed by atoms with Crippen LogP contribution in [0.2, 0.25) is 5.02 Å². The lowest BCUT2D eigenvalue weighted by molar-refractivity contribution is 0.0494. The number of carbonyl (C=O) groups is 2. The molecule has 0 aliphatic rings. The Morgan fingerprint density at radius 1 is 1.27 bits per heavy atom. The van der Waals surface area contributed by atoms with Crippen LogP contribution in [0.3, 0.4) is 0 Å². The molecule has 1 aromatic carbocycles. The van der Waals surface area contributed by atoms with Crippen LogP contribution in [-0.4, -0.2) is 25.3 Å². The molecule has 1 heterocycles. The van der Waals surface area contributed by atoms with Crippen molar-refractivity contribution < 1.29 is 23.5 Å². The fraction of sp³-hybridized carbons (Fsp3) is 0.286. The van der Waals surface area contributed by atoms with Gasteiger partial charge >= 0.3 is 12.1 Å². The molecule has 0 bridgehead atoms. The average molecular weight is 391 g/mol. The second-order valence-corrected chi connectivity index (χ2v) is 5.40. The number of nitrogens with one attached hydrogen (secondary N) is 1. The van der Waals surface area contributed by atoms with Gasteiger partial charge in [0.2, 0.25) is 5.76 Å². The molecule has 8 heteroatoms. The number of esters is 1. The SMILES string of the molecule is CCOC(=O)Nc1c(C(=O)OCC)oc2cc(Cl)c(Br)cc12. The van der Waals surface area contributed by atoms with E-state index in [0.717, 1.165) is 0 Å². The van der Waals surface area contributed by atoms with Crippen molar-refractivity contribution in [1.82, 2.24) is 0 Å². The van der Waals surface area contributed by atoms with E-state index in [2.05, 4.69) is 21.2 Å². The molecule has 0 fully saturated rings. The first kappa shape index (κ1) is 16.6. The lowest BCUT2D eigenvalue weighted by Gasteiger charge is -2.06. The van der Waals surface area contributed by atoms with Gasteiger partial charge in [-0.3, -0.25) is 5.32 Å². The zero-order chi connectivity index (χ0) is 16.3. The summed E-state index contributed by atoms with van der Waals surface area (Å²) in [4.78, 5) is 23.7. The molecule has 0 aliphatic heterocycles. The minimum Gasteiger partial charge on any atom is -0.460 e. The molecular formula is C14H13BrClNO5. The van der Waals surface area contributed by atoms with Crippen molar-refractivity contribution in [3.8, 4) is 0 Å². The summed E-state index contributed by atoms with van der Waals surface area (Å²) in [7, 11) is 0. The molecule has 0 spiro atoms. The monoisotopic (exact) mass is 389 g/mol. The minimum absolute atomic E-state index is 0.112. The van der Waals surface area contributed by atoms with Crippen LogP contribution in [0.4, 0.5) is 10.5 Å². The lowest BCUT2D eigenvalue weighted by atomic mass is 10.2. The van der Waals surface area contributed by atoms with Crippen molar-refractivity contribution >= 4 is 56.3 Å². The Balaban J connectivity index is 2.56. The van der Waals surface area contributed by atoms with E-state index in [0.29, 0.717) is 20.5 Å². The van der Waals surface area contributed by atoms with Crippen LogP contribution in [-0.2, 0) is 9.47 Å². The second-order valence-electron chi connectivity index (χ2n) is 4.13. The van der Waals surface area contributed by atoms with Gasteiger partial charge in [-0.25, -0.2) is 9.59 Å². The van der Waals surface area contributed by atoms with Crippen LogP contribution >= 0.6 is 27.5 Å². The van der Waals surface area contributed by atoms with E-state index in [1.807, 2.05) is 0 Å². The van der Waals surface area contributed by atoms with E-state index in [9.17, 15) is 9.59 Å². The predicted octanol–water partition coefficient (Wildman–Crippen LogP) is 4.59. The van der Waals surface area contributed by atoms with Crippen molar-refractivity contribution in [1.29, 1.82) is 0 Å². The summed E-state index contributed by atoms with van der Waals surface area (Å²) in [6.45, 7) is 3.73. The maximum atomic E-state index is 12.0. The van der Waals surface area contributed by atoms with Crippen molar-refractivity contribution in [2.45, 2.75) is 13.8 Å². The van der Waals surface area contributed by atoms with E-state index in [1.165, 1.54) is 0 Å². The summed E-state index contributed by atoms with van der Waals surface area (Å²) in [5.41, 5.74) is 0.535. The number of rotatable bonds is 4. The quantitative estimate of drug-likeness (QED) is 0.772. The molecule has 1 N–H and O–H groups in total. The topological polar surface area (TPSA) is 77.8 Å². The molecule has 0 saturated carbocycles. The van der Waals surface area contributed by atoms with Gasteiger partial charge in [-0.1, -0.05) is 11.6 Å². The summed E-state index contributed by atoms with van der Waals surface area (Å²) >= 11 is 9.30. The molecule has 2 aromatic rings. The molecule has 1 amide bonds. The van der Waals surface area contributed by atoms with Crippen molar-refractivity contribution in [2.75, 3.05) is 18.5 Å². The van der Waals surface area contributed by atoms with Crippen LogP contribution in [0.1, 0.15) is 24.4 Å². The molecule has 0 aliphatic carbocycles. The standard InChI is InChI=1S/C14H13BrClNO5/c1-3-20-13(18)12-11(17-14(19)21-4-2)7-5-8(15)9(16)6-10(7)22-12/h5-6H,3-4H2,1-2H3,(H,17,19). The molecule has 118 valence electrons. The molecule has 6 nitrogen and oxygen atoms in total. The van der Waals surface area contributed by atoms with Gasteiger partial charge in [-0.2, -0.15) is 0 Å². The molecule has 22 heavy (non-hydrogen) atoms. The van der Waals surface area contributed by atoms with Crippen LogP contribution in [0, 0.1) is 0 Å². The number of amides is 1. The van der Waals surface area contributed by atoms with Crippen molar-refractivity contribution in [3.63, 3.8) is 0 Å². The molecular weight excluding hydrogens is 378 g/mol. The molecule has 0 unspecified atom stereocenters. The van der Waals surface area contributed by atoms with Gasteiger partial charge in [0, 0.05) is 15.9 Å². The third-order valence-electron chi connectivity index (χ3n) is 2.69. The largest absolute Gasteiger partial charge is 0.460 e. The van der Waals surface area contributed by atoms with E-state index in [4.69, 9.17) is 25.5 Å². The molecule has 0 saturated heterocycles. The summed E-state index contributed by atoms with van der Waals surface area (Å²) in [6.07, 6.45) is -0.693. The van der Waals surface area contributed by atoms with E-state index < -0.39 is 12.1 Å². The fourth-order valence-corrected chi connectivity index (χ4v) is 2.32.